The fourth-order valence-electron chi connectivity index (χ4n) is 20.1. The van der Waals surface area contributed by atoms with Gasteiger partial charge in [0, 0.05) is 105 Å². The molecule has 24 nitrogen and oxygen atoms in total. The van der Waals surface area contributed by atoms with E-state index in [1.807, 2.05) is 20.8 Å². The van der Waals surface area contributed by atoms with E-state index in [9.17, 15) is 79.2 Å². The Bertz CT molecular complexity index is 2940. The van der Waals surface area contributed by atoms with Crippen molar-refractivity contribution in [3.05, 3.63) is 49.6 Å². The molecule has 0 aliphatic heterocycles. The largest absolute Gasteiger partial charge is 0.456 e. The first-order chi connectivity index (χ1) is 41.6. The Morgan fingerprint density at radius 1 is 0.367 bits per heavy atom. The molecule has 24 heteroatoms. The summed E-state index contributed by atoms with van der Waals surface area (Å²) in [5.74, 6) is -5.13. The third-order valence-corrected chi connectivity index (χ3v) is 22.8. The van der Waals surface area contributed by atoms with E-state index in [1.54, 1.807) is 6.92 Å². The molecule has 16 aliphatic carbocycles. The molecule has 90 heavy (non-hydrogen) atoms. The predicted molar refractivity (Wildman–Crippen MR) is 312 cm³/mol. The van der Waals surface area contributed by atoms with Gasteiger partial charge < -0.3 is 78.7 Å². The zero-order valence-corrected chi connectivity index (χ0v) is 52.7. The van der Waals surface area contributed by atoms with Gasteiger partial charge in [-0.25, -0.2) is 38.4 Å². The summed E-state index contributed by atoms with van der Waals surface area (Å²) in [5, 5.41) is 86.2. The summed E-state index contributed by atoms with van der Waals surface area (Å²) in [5.41, 5.74) is -11.6. The summed E-state index contributed by atoms with van der Waals surface area (Å²) >= 11 is 0. The summed E-state index contributed by atoms with van der Waals surface area (Å²) in [6.45, 7) is 21.9. The Labute approximate surface area is 523 Å². The average Bonchev–Trinajstić information content (AvgIpc) is 0.710. The van der Waals surface area contributed by atoms with Crippen molar-refractivity contribution in [2.24, 2.45) is 47.3 Å². The number of hydrogen-bond acceptors (Lipinski definition) is 24. The van der Waals surface area contributed by atoms with E-state index in [2.05, 4.69) is 26.3 Å². The maximum absolute atomic E-state index is 12.1. The highest BCUT2D eigenvalue weighted by Gasteiger charge is 2.74. The molecule has 0 saturated heterocycles. The van der Waals surface area contributed by atoms with E-state index < -0.39 is 147 Å². The molecule has 0 amide bonds. The zero-order valence-electron chi connectivity index (χ0n) is 52.7. The van der Waals surface area contributed by atoms with Crippen molar-refractivity contribution in [2.75, 3.05) is 26.4 Å². The first kappa shape index (κ1) is 68.8. The Balaban J connectivity index is 0.000000142. The maximum Gasteiger partial charge on any atom is 0.344 e. The van der Waals surface area contributed by atoms with Crippen LogP contribution in [0.3, 0.4) is 0 Å². The van der Waals surface area contributed by atoms with Crippen LogP contribution in [0, 0.1) is 47.3 Å². The first-order valence-electron chi connectivity index (χ1n) is 31.5. The first-order valence-corrected chi connectivity index (χ1v) is 31.5. The molecular formula is C66H92O24. The second-order valence-corrected chi connectivity index (χ2v) is 30.0. The molecule has 8 N–H and O–H groups in total. The summed E-state index contributed by atoms with van der Waals surface area (Å²) < 4.78 is 41.6. The number of hydrogen-bond donors (Lipinski definition) is 8. The van der Waals surface area contributed by atoms with Gasteiger partial charge in [0.15, 0.2) is 26.4 Å². The third-order valence-electron chi connectivity index (χ3n) is 22.8. The van der Waals surface area contributed by atoms with Crippen LogP contribution in [-0.2, 0) is 76.3 Å². The minimum atomic E-state index is -1.28. The number of ether oxygens (including phenoxy) is 8. The standard InChI is InChI=1S/C17H24O7.C17H24O6.C16H22O6.C16H22O5/c1-10(2)13(19)23-4-12(18)24-17-8-14(20)5-15(21,9-17)7-16(22,6-14)11(17)3;1-10(2)14(19)22-7-13(18)23-17-6-12-4-15(20,9-17)8-16(21,5-12)11(17)3;1-3-12(17)21-7-13(18)22-16-6-11-4-14(19,9-16)8-15(20,5-11)10(16)2;1-3-13(17)20-9-14(18)21-16-7-11-4-12(8-16)6-15(19,5-11)10(16)2/h11,20-22H,1,4-9H2,2-3H3;11-12,20-21H,1,4-9H2,2-3H3;3,10-11,19-20H,1,4-9H2,2H3;3,10-12,19H,1,4-9H2,2H3. The van der Waals surface area contributed by atoms with Crippen LogP contribution in [0.25, 0.3) is 0 Å². The van der Waals surface area contributed by atoms with Crippen LogP contribution in [0.15, 0.2) is 49.6 Å². The number of aliphatic hydroxyl groups is 8. The SMILES string of the molecule is C=C(C)C(=O)OCC(=O)OC12CC3(O)CC(O)(CC(O)(C3)C1C)C2.C=C(C)C(=O)OCC(=O)OC12CC3CC(O)(CC(O)(C3)C1C)C2.C=CC(=O)OCC(=O)OC12CC3CC(CC(O)(C3)C1C)C2.C=CC(=O)OCC(=O)OC12CC3CC(O)(CC(O)(C3)C1C)C2. The molecule has 16 unspecified atom stereocenters. The minimum Gasteiger partial charge on any atom is -0.456 e. The summed E-state index contributed by atoms with van der Waals surface area (Å²) in [6.07, 6.45) is 12.4. The molecule has 500 valence electrons. The van der Waals surface area contributed by atoms with Gasteiger partial charge in [0.25, 0.3) is 0 Å². The lowest BCUT2D eigenvalue weighted by Gasteiger charge is -2.67. The van der Waals surface area contributed by atoms with Crippen LogP contribution in [0.4, 0.5) is 0 Å². The fraction of sp³-hybridized carbons (Fsp3) is 0.758. The monoisotopic (exact) mass is 1270 g/mol. The van der Waals surface area contributed by atoms with Crippen LogP contribution in [-0.4, -0.2) is 182 Å². The van der Waals surface area contributed by atoms with Gasteiger partial charge in [-0.05, 0) is 108 Å². The third kappa shape index (κ3) is 13.3. The molecule has 0 aromatic rings. The lowest BCUT2D eigenvalue weighted by molar-refractivity contribution is -0.326. The molecule has 16 bridgehead atoms. The highest BCUT2D eigenvalue weighted by Crippen LogP contribution is 2.67. The quantitative estimate of drug-likeness (QED) is 0.0622. The van der Waals surface area contributed by atoms with E-state index in [-0.39, 0.29) is 72.8 Å². The van der Waals surface area contributed by atoms with Crippen LogP contribution < -0.4 is 0 Å². The number of carbonyl (C=O) groups excluding carboxylic acids is 8. The Morgan fingerprint density at radius 2 is 0.667 bits per heavy atom. The van der Waals surface area contributed by atoms with Gasteiger partial charge >= 0.3 is 47.8 Å². The second kappa shape index (κ2) is 23.8. The van der Waals surface area contributed by atoms with Gasteiger partial charge in [-0.15, -0.1) is 0 Å². The van der Waals surface area contributed by atoms with E-state index >= 15 is 0 Å². The van der Waals surface area contributed by atoms with Gasteiger partial charge in [0.1, 0.15) is 22.4 Å². The molecule has 16 rings (SSSR count). The molecule has 16 aliphatic rings. The highest BCUT2D eigenvalue weighted by atomic mass is 16.6. The van der Waals surface area contributed by atoms with Crippen molar-refractivity contribution in [3.8, 4) is 0 Å². The number of esters is 8. The van der Waals surface area contributed by atoms with Gasteiger partial charge in [-0.2, -0.15) is 0 Å². The van der Waals surface area contributed by atoms with E-state index in [4.69, 9.17) is 37.9 Å². The zero-order chi connectivity index (χ0) is 66.4. The van der Waals surface area contributed by atoms with Crippen molar-refractivity contribution >= 4 is 47.8 Å². The van der Waals surface area contributed by atoms with E-state index in [1.165, 1.54) is 13.8 Å². The van der Waals surface area contributed by atoms with Gasteiger partial charge in [0.2, 0.25) is 0 Å². The lowest BCUT2D eigenvalue weighted by atomic mass is 9.45. The van der Waals surface area contributed by atoms with Crippen molar-refractivity contribution in [2.45, 2.75) is 237 Å². The molecule has 0 radical (unpaired) electrons. The lowest BCUT2D eigenvalue weighted by Crippen LogP contribution is -2.76. The van der Waals surface area contributed by atoms with Crippen molar-refractivity contribution < 1.29 is 117 Å². The molecule has 16 atom stereocenters. The van der Waals surface area contributed by atoms with Crippen LogP contribution >= 0.6 is 0 Å². The number of rotatable bonds is 16. The normalized spacial score (nSPS) is 44.7. The molecule has 16 fully saturated rings. The molecule has 0 aromatic heterocycles. The fourth-order valence-corrected chi connectivity index (χ4v) is 20.1. The molecule has 0 heterocycles. The molecule has 0 spiro atoms. The average molecular weight is 1270 g/mol. The van der Waals surface area contributed by atoms with Crippen LogP contribution in [0.1, 0.15) is 170 Å². The van der Waals surface area contributed by atoms with Gasteiger partial charge in [-0.3, -0.25) is 0 Å². The molecular weight excluding hydrogens is 1180 g/mol. The highest BCUT2D eigenvalue weighted by molar-refractivity contribution is 5.89. The molecule has 16 saturated carbocycles. The Hall–Kier alpha value is -5.60. The van der Waals surface area contributed by atoms with Gasteiger partial charge in [0.05, 0.1) is 44.8 Å². The molecule has 0 aromatic carbocycles. The van der Waals surface area contributed by atoms with Crippen molar-refractivity contribution in [3.63, 3.8) is 0 Å². The van der Waals surface area contributed by atoms with Crippen molar-refractivity contribution in [1.82, 2.24) is 0 Å². The maximum atomic E-state index is 12.1. The number of carbonyl (C=O) groups is 8. The topological polar surface area (TPSA) is 372 Å². The van der Waals surface area contributed by atoms with Gasteiger partial charge in [-0.1, -0.05) is 54.0 Å². The van der Waals surface area contributed by atoms with E-state index in [0.717, 1.165) is 44.3 Å². The van der Waals surface area contributed by atoms with Crippen LogP contribution in [0.5, 0.6) is 0 Å². The van der Waals surface area contributed by atoms with E-state index in [0.29, 0.717) is 76.0 Å². The van der Waals surface area contributed by atoms with Crippen LogP contribution in [0.2, 0.25) is 0 Å². The Morgan fingerprint density at radius 3 is 1.03 bits per heavy atom. The van der Waals surface area contributed by atoms with Crippen molar-refractivity contribution in [1.29, 1.82) is 0 Å². The predicted octanol–water partition coefficient (Wildman–Crippen LogP) is 3.59. The second-order valence-electron chi connectivity index (χ2n) is 30.0. The Kier molecular flexibility index (Phi) is 18.1. The minimum absolute atomic E-state index is 0.0724. The summed E-state index contributed by atoms with van der Waals surface area (Å²) in [6, 6.07) is 0. The summed E-state index contributed by atoms with van der Waals surface area (Å²) in [7, 11) is 0. The smallest absolute Gasteiger partial charge is 0.344 e. The summed E-state index contributed by atoms with van der Waals surface area (Å²) in [4.78, 5) is 93.0.